The number of imidazole rings is 1. The van der Waals surface area contributed by atoms with Crippen molar-refractivity contribution in [3.63, 3.8) is 0 Å². The van der Waals surface area contributed by atoms with E-state index >= 15 is 0 Å². The van der Waals surface area contributed by atoms with Crippen LogP contribution < -0.4 is 5.69 Å². The van der Waals surface area contributed by atoms with Gasteiger partial charge < -0.3 is 9.51 Å². The Labute approximate surface area is 204 Å². The molecule has 4 heterocycles. The van der Waals surface area contributed by atoms with E-state index in [0.717, 1.165) is 41.3 Å². The second-order valence-electron chi connectivity index (χ2n) is 8.94. The van der Waals surface area contributed by atoms with Gasteiger partial charge in [0.05, 0.1) is 33.8 Å². The Kier molecular flexibility index (Phi) is 5.22. The third-order valence-electron chi connectivity index (χ3n) is 6.84. The number of hydrogen-bond acceptors (Lipinski definition) is 5. The molecule has 10 heteroatoms. The Morgan fingerprint density at radius 2 is 2.03 bits per heavy atom. The van der Waals surface area contributed by atoms with Crippen LogP contribution in [0.2, 0.25) is 10.0 Å². The van der Waals surface area contributed by atoms with E-state index in [-0.39, 0.29) is 18.3 Å². The first-order chi connectivity index (χ1) is 16.5. The van der Waals surface area contributed by atoms with E-state index in [0.29, 0.717) is 33.2 Å². The van der Waals surface area contributed by atoms with E-state index in [1.807, 2.05) is 16.8 Å². The van der Waals surface area contributed by atoms with Crippen LogP contribution in [0.15, 0.2) is 46.0 Å². The van der Waals surface area contributed by atoms with Crippen molar-refractivity contribution in [2.75, 3.05) is 0 Å². The van der Waals surface area contributed by atoms with E-state index in [4.69, 9.17) is 27.7 Å². The molecule has 8 nitrogen and oxygen atoms in total. The van der Waals surface area contributed by atoms with Crippen LogP contribution in [0.5, 0.6) is 0 Å². The molecule has 0 spiro atoms. The Morgan fingerprint density at radius 1 is 1.18 bits per heavy atom. The number of fused-ring (bicyclic) bond motifs is 3. The van der Waals surface area contributed by atoms with E-state index in [1.165, 1.54) is 6.42 Å². The van der Waals surface area contributed by atoms with Gasteiger partial charge in [0.1, 0.15) is 5.65 Å². The molecule has 0 amide bonds. The Bertz CT molecular complexity index is 1580. The highest BCUT2D eigenvalue weighted by Gasteiger charge is 2.29. The summed E-state index contributed by atoms with van der Waals surface area (Å²) in [4.78, 5) is 26.0. The van der Waals surface area contributed by atoms with Crippen molar-refractivity contribution in [1.29, 1.82) is 0 Å². The van der Waals surface area contributed by atoms with Crippen LogP contribution in [0.1, 0.15) is 44.5 Å². The zero-order chi connectivity index (χ0) is 23.4. The molecule has 0 bridgehead atoms. The molecule has 1 saturated carbocycles. The molecule has 6 rings (SSSR count). The Morgan fingerprint density at radius 3 is 2.85 bits per heavy atom. The Hall–Kier alpha value is -3.10. The fourth-order valence-corrected chi connectivity index (χ4v) is 5.41. The number of pyridine rings is 1. The molecular formula is C24H22Cl2N6O2. The number of benzene rings is 1. The SMILES string of the molecule is C[C@@H]1CCCC[C@@H]1n1c(=O)n(Cc2noc(-c3ccc(Cl)c(Cl)c3)n2)c2cnc3[nH]ccc3c21. The van der Waals surface area contributed by atoms with Gasteiger partial charge in [0.15, 0.2) is 5.82 Å². The van der Waals surface area contributed by atoms with Crippen LogP contribution in [0.4, 0.5) is 0 Å². The molecule has 0 radical (unpaired) electrons. The topological polar surface area (TPSA) is 94.5 Å². The first kappa shape index (κ1) is 21.4. The molecule has 5 aromatic rings. The largest absolute Gasteiger partial charge is 0.346 e. The zero-order valence-electron chi connectivity index (χ0n) is 18.5. The number of aromatic amines is 1. The third-order valence-corrected chi connectivity index (χ3v) is 7.58. The summed E-state index contributed by atoms with van der Waals surface area (Å²) in [5.74, 6) is 1.13. The number of hydrogen-bond donors (Lipinski definition) is 1. The van der Waals surface area contributed by atoms with Crippen molar-refractivity contribution in [2.45, 2.75) is 45.2 Å². The van der Waals surface area contributed by atoms with E-state index in [1.54, 1.807) is 29.0 Å². The normalized spacial score (nSPS) is 18.8. The minimum atomic E-state index is -0.0786. The quantitative estimate of drug-likeness (QED) is 0.337. The van der Waals surface area contributed by atoms with Gasteiger partial charge in [0, 0.05) is 23.2 Å². The molecule has 34 heavy (non-hydrogen) atoms. The maximum atomic E-state index is 13.8. The van der Waals surface area contributed by atoms with Gasteiger partial charge in [-0.2, -0.15) is 4.98 Å². The minimum absolute atomic E-state index is 0.0786. The predicted octanol–water partition coefficient (Wildman–Crippen LogP) is 5.84. The first-order valence-electron chi connectivity index (χ1n) is 11.4. The number of H-pyrrole nitrogens is 1. The van der Waals surface area contributed by atoms with Crippen molar-refractivity contribution < 1.29 is 4.52 Å². The number of rotatable bonds is 4. The van der Waals surface area contributed by atoms with Gasteiger partial charge in [-0.05, 0) is 43.0 Å². The molecule has 1 aliphatic rings. The molecule has 4 aromatic heterocycles. The molecule has 0 unspecified atom stereocenters. The molecule has 0 aliphatic heterocycles. The predicted molar refractivity (Wildman–Crippen MR) is 131 cm³/mol. The highest BCUT2D eigenvalue weighted by Crippen LogP contribution is 2.36. The van der Waals surface area contributed by atoms with Crippen LogP contribution in [-0.2, 0) is 6.54 Å². The summed E-state index contributed by atoms with van der Waals surface area (Å²) in [6.07, 6.45) is 8.02. The van der Waals surface area contributed by atoms with E-state index in [9.17, 15) is 4.79 Å². The number of aromatic nitrogens is 6. The van der Waals surface area contributed by atoms with Gasteiger partial charge in [0.25, 0.3) is 5.89 Å². The molecule has 1 aromatic carbocycles. The number of nitrogens with one attached hydrogen (secondary N) is 1. The van der Waals surface area contributed by atoms with Gasteiger partial charge in [-0.1, -0.05) is 48.1 Å². The van der Waals surface area contributed by atoms with Gasteiger partial charge in [-0.3, -0.25) is 9.13 Å². The van der Waals surface area contributed by atoms with Crippen molar-refractivity contribution >= 4 is 45.3 Å². The van der Waals surface area contributed by atoms with Gasteiger partial charge in [0.2, 0.25) is 0 Å². The van der Waals surface area contributed by atoms with E-state index < -0.39 is 0 Å². The number of halogens is 2. The van der Waals surface area contributed by atoms with Gasteiger partial charge >= 0.3 is 5.69 Å². The summed E-state index contributed by atoms with van der Waals surface area (Å²) in [7, 11) is 0. The van der Waals surface area contributed by atoms with Crippen LogP contribution in [0.25, 0.3) is 33.5 Å². The maximum Gasteiger partial charge on any atom is 0.329 e. The zero-order valence-corrected chi connectivity index (χ0v) is 20.0. The molecule has 1 fully saturated rings. The van der Waals surface area contributed by atoms with Crippen LogP contribution >= 0.6 is 23.2 Å². The fourth-order valence-electron chi connectivity index (χ4n) is 5.11. The lowest BCUT2D eigenvalue weighted by molar-refractivity contribution is 0.256. The molecule has 2 atom stereocenters. The minimum Gasteiger partial charge on any atom is -0.346 e. The van der Waals surface area contributed by atoms with Crippen LogP contribution in [-0.4, -0.2) is 29.2 Å². The van der Waals surface area contributed by atoms with Crippen molar-refractivity contribution in [3.05, 3.63) is 63.0 Å². The average molecular weight is 497 g/mol. The van der Waals surface area contributed by atoms with Crippen molar-refractivity contribution in [1.82, 2.24) is 29.2 Å². The lowest BCUT2D eigenvalue weighted by atomic mass is 9.85. The van der Waals surface area contributed by atoms with Crippen LogP contribution in [0, 0.1) is 5.92 Å². The summed E-state index contributed by atoms with van der Waals surface area (Å²) >= 11 is 12.1. The first-order valence-corrected chi connectivity index (χ1v) is 12.1. The number of nitrogens with zero attached hydrogens (tertiary/aromatic N) is 5. The van der Waals surface area contributed by atoms with E-state index in [2.05, 4.69) is 27.0 Å². The standard InChI is InChI=1S/C24H22Cl2N6O2/c1-13-4-2-3-5-18(13)32-21-15-8-9-27-22(15)28-11-19(21)31(24(32)33)12-20-29-23(34-30-20)14-6-7-16(25)17(26)10-14/h6-11,13,18H,2-5,12H2,1H3,(H,27,28)/t13-,18+/m1/s1. The van der Waals surface area contributed by atoms with Crippen molar-refractivity contribution in [3.8, 4) is 11.5 Å². The second-order valence-corrected chi connectivity index (χ2v) is 9.76. The van der Waals surface area contributed by atoms with Gasteiger partial charge in [-0.25, -0.2) is 9.78 Å². The lowest BCUT2D eigenvalue weighted by Crippen LogP contribution is -2.32. The lowest BCUT2D eigenvalue weighted by Gasteiger charge is -2.29. The fraction of sp³-hybridized carbons (Fsp3) is 0.333. The summed E-state index contributed by atoms with van der Waals surface area (Å²) in [5.41, 5.74) is 3.02. The monoisotopic (exact) mass is 496 g/mol. The maximum absolute atomic E-state index is 13.8. The molecule has 1 N–H and O–H groups in total. The van der Waals surface area contributed by atoms with Crippen LogP contribution in [0.3, 0.4) is 0 Å². The van der Waals surface area contributed by atoms with Gasteiger partial charge in [-0.15, -0.1) is 0 Å². The Balaban J connectivity index is 1.47. The molecule has 1 aliphatic carbocycles. The third kappa shape index (κ3) is 3.44. The summed E-state index contributed by atoms with van der Waals surface area (Å²) in [5, 5.41) is 5.91. The molecular weight excluding hydrogens is 475 g/mol. The smallest absolute Gasteiger partial charge is 0.329 e. The summed E-state index contributed by atoms with van der Waals surface area (Å²) in [6.45, 7) is 2.41. The highest BCUT2D eigenvalue weighted by atomic mass is 35.5. The molecule has 174 valence electrons. The summed E-state index contributed by atoms with van der Waals surface area (Å²) < 4.78 is 9.13. The summed E-state index contributed by atoms with van der Waals surface area (Å²) in [6, 6.07) is 7.24. The molecule has 0 saturated heterocycles. The average Bonchev–Trinajstić information content (AvgIpc) is 3.55. The van der Waals surface area contributed by atoms with Crippen molar-refractivity contribution in [2.24, 2.45) is 5.92 Å². The second kappa shape index (κ2) is 8.29. The highest BCUT2D eigenvalue weighted by molar-refractivity contribution is 6.42.